The minimum absolute atomic E-state index is 0.259. The maximum absolute atomic E-state index is 12.4. The average Bonchev–Trinajstić information content (AvgIpc) is 3.22. The normalized spacial score (nSPS) is 12.8. The Bertz CT molecular complexity index is 1100. The molecule has 0 saturated carbocycles. The largest absolute Gasteiger partial charge is 0.493 e. The Morgan fingerprint density at radius 1 is 1.17 bits per heavy atom. The summed E-state index contributed by atoms with van der Waals surface area (Å²) in [6.45, 7) is 5.12. The number of rotatable bonds is 5. The molecule has 0 unspecified atom stereocenters. The van der Waals surface area contributed by atoms with Crippen LogP contribution in [0.4, 0.5) is 5.13 Å². The standard InChI is InChI=1S/C23H22N2O4S/c1-14-4-6-17(10-15(14)2)18-13-30-23(24-18)25-21(26)7-5-16-11-19(27-3)22-20(12-16)28-8-9-29-22/h4-7,10-13H,8-9H2,1-3H3,(H,24,25,26)/b7-5+. The van der Waals surface area contributed by atoms with Crippen molar-refractivity contribution in [3.05, 3.63) is 58.5 Å². The van der Waals surface area contributed by atoms with Crippen LogP contribution in [-0.2, 0) is 4.79 Å². The lowest BCUT2D eigenvalue weighted by atomic mass is 10.1. The predicted octanol–water partition coefficient (Wildman–Crippen LogP) is 4.86. The van der Waals surface area contributed by atoms with Gasteiger partial charge < -0.3 is 14.2 Å². The molecule has 6 nitrogen and oxygen atoms in total. The van der Waals surface area contributed by atoms with E-state index in [9.17, 15) is 4.79 Å². The fourth-order valence-corrected chi connectivity index (χ4v) is 3.80. The highest BCUT2D eigenvalue weighted by molar-refractivity contribution is 7.14. The van der Waals surface area contributed by atoms with Crippen LogP contribution >= 0.6 is 11.3 Å². The highest BCUT2D eigenvalue weighted by Crippen LogP contribution is 2.40. The van der Waals surface area contributed by atoms with Crippen LogP contribution in [0.5, 0.6) is 17.2 Å². The Morgan fingerprint density at radius 2 is 2.00 bits per heavy atom. The van der Waals surface area contributed by atoms with Gasteiger partial charge in [0, 0.05) is 17.0 Å². The molecule has 7 heteroatoms. The zero-order valence-electron chi connectivity index (χ0n) is 17.0. The number of amides is 1. The molecule has 4 rings (SSSR count). The average molecular weight is 423 g/mol. The van der Waals surface area contributed by atoms with E-state index in [1.54, 1.807) is 19.3 Å². The van der Waals surface area contributed by atoms with Gasteiger partial charge in [0.05, 0.1) is 12.8 Å². The first kappa shape index (κ1) is 20.0. The van der Waals surface area contributed by atoms with Crippen LogP contribution in [-0.4, -0.2) is 31.2 Å². The Hall–Kier alpha value is -3.32. The summed E-state index contributed by atoms with van der Waals surface area (Å²) in [6.07, 6.45) is 3.16. The van der Waals surface area contributed by atoms with Crippen molar-refractivity contribution in [2.75, 3.05) is 25.6 Å². The predicted molar refractivity (Wildman–Crippen MR) is 119 cm³/mol. The summed E-state index contributed by atoms with van der Waals surface area (Å²) in [5.41, 5.74) is 5.11. The number of nitrogens with zero attached hydrogens (tertiary/aromatic N) is 1. The molecule has 0 aliphatic carbocycles. The minimum atomic E-state index is -0.259. The monoisotopic (exact) mass is 422 g/mol. The number of anilines is 1. The van der Waals surface area contributed by atoms with Gasteiger partial charge in [0.2, 0.25) is 11.7 Å². The quantitative estimate of drug-likeness (QED) is 0.595. The highest BCUT2D eigenvalue weighted by Gasteiger charge is 2.18. The summed E-state index contributed by atoms with van der Waals surface area (Å²) in [4.78, 5) is 16.9. The van der Waals surface area contributed by atoms with Crippen molar-refractivity contribution in [1.82, 2.24) is 4.98 Å². The second-order valence-electron chi connectivity index (χ2n) is 6.91. The summed E-state index contributed by atoms with van der Waals surface area (Å²) in [5.74, 6) is 1.51. The van der Waals surface area contributed by atoms with Crippen molar-refractivity contribution in [2.45, 2.75) is 13.8 Å². The molecule has 0 saturated heterocycles. The molecule has 0 bridgehead atoms. The number of fused-ring (bicyclic) bond motifs is 1. The molecule has 2 aromatic carbocycles. The van der Waals surface area contributed by atoms with Crippen LogP contribution in [0.15, 0.2) is 41.8 Å². The lowest BCUT2D eigenvalue weighted by molar-refractivity contribution is -0.111. The van der Waals surface area contributed by atoms with E-state index in [1.807, 2.05) is 17.5 Å². The van der Waals surface area contributed by atoms with E-state index in [1.165, 1.54) is 28.5 Å². The first-order chi connectivity index (χ1) is 14.5. The number of hydrogen-bond acceptors (Lipinski definition) is 6. The zero-order chi connectivity index (χ0) is 21.1. The van der Waals surface area contributed by atoms with Gasteiger partial charge in [0.25, 0.3) is 0 Å². The molecule has 1 aromatic heterocycles. The molecule has 30 heavy (non-hydrogen) atoms. The molecule has 3 aromatic rings. The maximum atomic E-state index is 12.4. The molecule has 0 radical (unpaired) electrons. The number of methoxy groups -OCH3 is 1. The van der Waals surface area contributed by atoms with Crippen LogP contribution in [0.2, 0.25) is 0 Å². The zero-order valence-corrected chi connectivity index (χ0v) is 17.8. The molecule has 0 fully saturated rings. The van der Waals surface area contributed by atoms with Crippen molar-refractivity contribution < 1.29 is 19.0 Å². The second-order valence-corrected chi connectivity index (χ2v) is 7.76. The van der Waals surface area contributed by atoms with Crippen LogP contribution in [0.1, 0.15) is 16.7 Å². The van der Waals surface area contributed by atoms with Gasteiger partial charge in [-0.2, -0.15) is 0 Å². The molecule has 0 spiro atoms. The maximum Gasteiger partial charge on any atom is 0.250 e. The Kier molecular flexibility index (Phi) is 5.72. The number of carbonyl (C=O) groups is 1. The summed E-state index contributed by atoms with van der Waals surface area (Å²) in [6, 6.07) is 9.84. The molecule has 2 heterocycles. The van der Waals surface area contributed by atoms with Gasteiger partial charge in [-0.3, -0.25) is 10.1 Å². The summed E-state index contributed by atoms with van der Waals surface area (Å²) in [7, 11) is 1.57. The third-order valence-electron chi connectivity index (χ3n) is 4.81. The van der Waals surface area contributed by atoms with Gasteiger partial charge in [0.1, 0.15) is 13.2 Å². The molecule has 0 atom stereocenters. The van der Waals surface area contributed by atoms with Crippen LogP contribution in [0.3, 0.4) is 0 Å². The van der Waals surface area contributed by atoms with Crippen molar-refractivity contribution in [1.29, 1.82) is 0 Å². The van der Waals surface area contributed by atoms with Crippen LogP contribution < -0.4 is 19.5 Å². The SMILES string of the molecule is COc1cc(/C=C/C(=O)Nc2nc(-c3ccc(C)c(C)c3)cs2)cc2c1OCCO2. The second kappa shape index (κ2) is 8.59. The molecule has 1 N–H and O–H groups in total. The van der Waals surface area contributed by atoms with Crippen LogP contribution in [0, 0.1) is 13.8 Å². The number of carbonyl (C=O) groups excluding carboxylic acids is 1. The fourth-order valence-electron chi connectivity index (χ4n) is 3.07. The number of aromatic nitrogens is 1. The minimum Gasteiger partial charge on any atom is -0.493 e. The van der Waals surface area contributed by atoms with E-state index in [0.717, 1.165) is 16.8 Å². The van der Waals surface area contributed by atoms with Crippen molar-refractivity contribution in [3.8, 4) is 28.5 Å². The number of benzene rings is 2. The topological polar surface area (TPSA) is 69.7 Å². The van der Waals surface area contributed by atoms with E-state index in [2.05, 4.69) is 36.3 Å². The van der Waals surface area contributed by atoms with E-state index in [0.29, 0.717) is 35.6 Å². The third-order valence-corrected chi connectivity index (χ3v) is 5.57. The fraction of sp³-hybridized carbons (Fsp3) is 0.217. The van der Waals surface area contributed by atoms with Gasteiger partial charge in [-0.25, -0.2) is 4.98 Å². The number of thiazole rings is 1. The lowest BCUT2D eigenvalue weighted by Crippen LogP contribution is -2.16. The number of aryl methyl sites for hydroxylation is 2. The lowest BCUT2D eigenvalue weighted by Gasteiger charge is -2.20. The first-order valence-corrected chi connectivity index (χ1v) is 10.4. The van der Waals surface area contributed by atoms with E-state index in [4.69, 9.17) is 14.2 Å². The van der Waals surface area contributed by atoms with Crippen LogP contribution in [0.25, 0.3) is 17.3 Å². The molecule has 1 aliphatic rings. The number of nitrogens with one attached hydrogen (secondary N) is 1. The summed E-state index contributed by atoms with van der Waals surface area (Å²) < 4.78 is 16.6. The van der Waals surface area contributed by atoms with Gasteiger partial charge in [-0.15, -0.1) is 11.3 Å². The van der Waals surface area contributed by atoms with E-state index in [-0.39, 0.29) is 5.91 Å². The number of hydrogen-bond donors (Lipinski definition) is 1. The van der Waals surface area contributed by atoms with E-state index >= 15 is 0 Å². The molecular formula is C23H22N2O4S. The smallest absolute Gasteiger partial charge is 0.250 e. The van der Waals surface area contributed by atoms with Gasteiger partial charge in [-0.05, 0) is 54.8 Å². The molecule has 1 amide bonds. The first-order valence-electron chi connectivity index (χ1n) is 9.53. The van der Waals surface area contributed by atoms with E-state index < -0.39 is 0 Å². The Morgan fingerprint density at radius 3 is 2.80 bits per heavy atom. The third kappa shape index (κ3) is 4.31. The highest BCUT2D eigenvalue weighted by atomic mass is 32.1. The molecule has 1 aliphatic heterocycles. The Balaban J connectivity index is 1.46. The van der Waals surface area contributed by atoms with Crippen molar-refractivity contribution >= 4 is 28.5 Å². The summed E-state index contributed by atoms with van der Waals surface area (Å²) in [5, 5.41) is 5.31. The Labute approximate surface area is 179 Å². The number of ether oxygens (including phenoxy) is 3. The summed E-state index contributed by atoms with van der Waals surface area (Å²) >= 11 is 1.40. The molecule has 154 valence electrons. The van der Waals surface area contributed by atoms with Gasteiger partial charge in [-0.1, -0.05) is 12.1 Å². The van der Waals surface area contributed by atoms with Crippen molar-refractivity contribution in [2.24, 2.45) is 0 Å². The van der Waals surface area contributed by atoms with Gasteiger partial charge >= 0.3 is 0 Å². The van der Waals surface area contributed by atoms with Crippen molar-refractivity contribution in [3.63, 3.8) is 0 Å². The van der Waals surface area contributed by atoms with Gasteiger partial charge in [0.15, 0.2) is 16.6 Å². The molecular weight excluding hydrogens is 400 g/mol.